The quantitative estimate of drug-likeness (QED) is 0.576. The third-order valence-corrected chi connectivity index (χ3v) is 2.70. The first-order chi connectivity index (χ1) is 8.71. The highest BCUT2D eigenvalue weighted by Crippen LogP contribution is 2.38. The molecule has 0 fully saturated rings. The van der Waals surface area contributed by atoms with Crippen LogP contribution >= 0.6 is 0 Å². The largest absolute Gasteiger partial charge is 0.461 e. The zero-order chi connectivity index (χ0) is 14.7. The van der Waals surface area contributed by atoms with Crippen molar-refractivity contribution in [1.29, 1.82) is 0 Å². The van der Waals surface area contributed by atoms with Crippen LogP contribution in [0, 0.1) is 0 Å². The molecule has 0 aliphatic heterocycles. The Hall–Kier alpha value is -1.46. The Bertz CT molecular complexity index is 451. The molecule has 0 amide bonds. The number of halogens is 5. The number of benzene rings is 1. The van der Waals surface area contributed by atoms with Gasteiger partial charge in [-0.3, -0.25) is 4.79 Å². The second-order valence-corrected chi connectivity index (χ2v) is 4.16. The molecule has 0 heterocycles. The molecule has 6 heteroatoms. The van der Waals surface area contributed by atoms with Crippen molar-refractivity contribution in [2.45, 2.75) is 38.3 Å². The SMILES string of the molecule is CCCCc1ccccc1C(=O)C(F)(F)C(F)(F)F. The van der Waals surface area contributed by atoms with Gasteiger partial charge in [0.1, 0.15) is 0 Å². The summed E-state index contributed by atoms with van der Waals surface area (Å²) in [4.78, 5) is 11.4. The number of aryl methyl sites for hydroxylation is 1. The van der Waals surface area contributed by atoms with Gasteiger partial charge in [-0.25, -0.2) is 0 Å². The Kier molecular flexibility index (Phi) is 4.66. The van der Waals surface area contributed by atoms with Crippen molar-refractivity contribution in [3.8, 4) is 0 Å². The van der Waals surface area contributed by atoms with Gasteiger partial charge in [-0.2, -0.15) is 22.0 Å². The van der Waals surface area contributed by atoms with Crippen molar-refractivity contribution >= 4 is 5.78 Å². The molecule has 0 bridgehead atoms. The molecular weight excluding hydrogens is 267 g/mol. The van der Waals surface area contributed by atoms with Crippen LogP contribution in [0.25, 0.3) is 0 Å². The van der Waals surface area contributed by atoms with E-state index in [1.807, 2.05) is 6.92 Å². The van der Waals surface area contributed by atoms with Crippen LogP contribution in [0.15, 0.2) is 24.3 Å². The van der Waals surface area contributed by atoms with E-state index >= 15 is 0 Å². The standard InChI is InChI=1S/C13H13F5O/c1-2-3-6-9-7-4-5-8-10(9)11(19)12(14,15)13(16,17)18/h4-5,7-8H,2-3,6H2,1H3. The lowest BCUT2D eigenvalue weighted by molar-refractivity contribution is -0.255. The van der Waals surface area contributed by atoms with Gasteiger partial charge in [0.15, 0.2) is 0 Å². The normalized spacial score (nSPS) is 12.5. The van der Waals surface area contributed by atoms with Crippen LogP contribution < -0.4 is 0 Å². The minimum absolute atomic E-state index is 0.221. The molecule has 0 aliphatic carbocycles. The number of Topliss-reactive ketones (excluding diaryl/α,β-unsaturated/α-hetero) is 1. The number of carbonyl (C=O) groups is 1. The Morgan fingerprint density at radius 2 is 1.68 bits per heavy atom. The molecule has 0 aromatic heterocycles. The number of hydrogen-bond donors (Lipinski definition) is 0. The number of alkyl halides is 5. The molecule has 0 spiro atoms. The van der Waals surface area contributed by atoms with Gasteiger partial charge < -0.3 is 0 Å². The Labute approximate surface area is 107 Å². The van der Waals surface area contributed by atoms with Crippen molar-refractivity contribution in [3.63, 3.8) is 0 Å². The van der Waals surface area contributed by atoms with Gasteiger partial charge >= 0.3 is 12.1 Å². The average molecular weight is 280 g/mol. The fourth-order valence-corrected chi connectivity index (χ4v) is 1.62. The van der Waals surface area contributed by atoms with Crippen LogP contribution in [0.3, 0.4) is 0 Å². The van der Waals surface area contributed by atoms with Gasteiger partial charge in [0.05, 0.1) is 0 Å². The highest BCUT2D eigenvalue weighted by molar-refractivity contribution is 6.03. The second-order valence-electron chi connectivity index (χ2n) is 4.16. The van der Waals surface area contributed by atoms with Crippen LogP contribution in [-0.2, 0) is 6.42 Å². The summed E-state index contributed by atoms with van der Waals surface area (Å²) >= 11 is 0. The van der Waals surface area contributed by atoms with Crippen LogP contribution in [0.2, 0.25) is 0 Å². The number of ketones is 1. The molecule has 1 nitrogen and oxygen atoms in total. The van der Waals surface area contributed by atoms with Gasteiger partial charge in [0.2, 0.25) is 5.78 Å². The lowest BCUT2D eigenvalue weighted by Crippen LogP contribution is -2.44. The summed E-state index contributed by atoms with van der Waals surface area (Å²) in [5, 5.41) is 0. The summed E-state index contributed by atoms with van der Waals surface area (Å²) in [5.74, 6) is -7.54. The molecule has 0 saturated heterocycles. The third kappa shape index (κ3) is 3.30. The molecule has 19 heavy (non-hydrogen) atoms. The predicted molar refractivity (Wildman–Crippen MR) is 60.4 cm³/mol. The lowest BCUT2D eigenvalue weighted by Gasteiger charge is -2.19. The first kappa shape index (κ1) is 15.6. The minimum Gasteiger partial charge on any atom is -0.287 e. The first-order valence-electron chi connectivity index (χ1n) is 5.79. The zero-order valence-electron chi connectivity index (χ0n) is 10.2. The number of carbonyl (C=O) groups excluding carboxylic acids is 1. The monoisotopic (exact) mass is 280 g/mol. The highest BCUT2D eigenvalue weighted by Gasteiger charge is 2.63. The fraction of sp³-hybridized carbons (Fsp3) is 0.462. The maximum absolute atomic E-state index is 13.0. The number of unbranched alkanes of at least 4 members (excludes halogenated alkanes) is 1. The van der Waals surface area contributed by atoms with Gasteiger partial charge in [-0.1, -0.05) is 37.6 Å². The molecule has 106 valence electrons. The molecule has 0 aliphatic rings. The number of rotatable bonds is 5. The van der Waals surface area contributed by atoms with Gasteiger partial charge in [-0.15, -0.1) is 0 Å². The Morgan fingerprint density at radius 1 is 1.11 bits per heavy atom. The van der Waals surface area contributed by atoms with Crippen LogP contribution in [0.4, 0.5) is 22.0 Å². The van der Waals surface area contributed by atoms with Crippen molar-refractivity contribution in [3.05, 3.63) is 35.4 Å². The second kappa shape index (κ2) is 5.67. The van der Waals surface area contributed by atoms with E-state index in [-0.39, 0.29) is 5.56 Å². The summed E-state index contributed by atoms with van der Waals surface area (Å²) in [7, 11) is 0. The van der Waals surface area contributed by atoms with Gasteiger partial charge in [0, 0.05) is 5.56 Å². The molecule has 1 aromatic rings. The lowest BCUT2D eigenvalue weighted by atomic mass is 9.96. The summed E-state index contributed by atoms with van der Waals surface area (Å²) in [6.07, 6.45) is -4.21. The summed E-state index contributed by atoms with van der Waals surface area (Å²) in [6, 6.07) is 5.19. The molecule has 1 rings (SSSR count). The molecule has 0 atom stereocenters. The summed E-state index contributed by atoms with van der Waals surface area (Å²) in [5.41, 5.74) is -0.337. The smallest absolute Gasteiger partial charge is 0.287 e. The fourth-order valence-electron chi connectivity index (χ4n) is 1.62. The molecule has 0 N–H and O–H groups in total. The van der Waals surface area contributed by atoms with Gasteiger partial charge in [-0.05, 0) is 18.4 Å². The van der Waals surface area contributed by atoms with Crippen LogP contribution in [0.5, 0.6) is 0 Å². The maximum atomic E-state index is 13.0. The van der Waals surface area contributed by atoms with E-state index in [0.717, 1.165) is 12.5 Å². The number of hydrogen-bond acceptors (Lipinski definition) is 1. The molecule has 0 unspecified atom stereocenters. The van der Waals surface area contributed by atoms with E-state index in [1.165, 1.54) is 18.2 Å². The van der Waals surface area contributed by atoms with Crippen molar-refractivity contribution < 1.29 is 26.7 Å². The molecular formula is C13H13F5O. The summed E-state index contributed by atoms with van der Waals surface area (Å²) in [6.45, 7) is 1.86. The van der Waals surface area contributed by atoms with Crippen molar-refractivity contribution in [2.75, 3.05) is 0 Å². The first-order valence-corrected chi connectivity index (χ1v) is 5.79. The Balaban J connectivity index is 3.13. The minimum atomic E-state index is -5.87. The summed E-state index contributed by atoms with van der Waals surface area (Å²) < 4.78 is 62.6. The van der Waals surface area contributed by atoms with Crippen LogP contribution in [0.1, 0.15) is 35.7 Å². The van der Waals surface area contributed by atoms with Crippen LogP contribution in [-0.4, -0.2) is 17.9 Å². The van der Waals surface area contributed by atoms with E-state index in [1.54, 1.807) is 0 Å². The van der Waals surface area contributed by atoms with E-state index < -0.39 is 23.4 Å². The Morgan fingerprint density at radius 3 is 2.21 bits per heavy atom. The molecule has 0 radical (unpaired) electrons. The maximum Gasteiger partial charge on any atom is 0.461 e. The van der Waals surface area contributed by atoms with E-state index in [4.69, 9.17) is 0 Å². The average Bonchev–Trinajstić information content (AvgIpc) is 2.34. The molecule has 0 saturated carbocycles. The van der Waals surface area contributed by atoms with E-state index in [2.05, 4.69) is 0 Å². The van der Waals surface area contributed by atoms with Crippen molar-refractivity contribution in [2.24, 2.45) is 0 Å². The predicted octanol–water partition coefficient (Wildman–Crippen LogP) is 4.41. The van der Waals surface area contributed by atoms with Crippen molar-refractivity contribution in [1.82, 2.24) is 0 Å². The zero-order valence-corrected chi connectivity index (χ0v) is 10.2. The van der Waals surface area contributed by atoms with E-state index in [0.29, 0.717) is 12.8 Å². The topological polar surface area (TPSA) is 17.1 Å². The third-order valence-electron chi connectivity index (χ3n) is 2.70. The van der Waals surface area contributed by atoms with Gasteiger partial charge in [0.25, 0.3) is 0 Å². The molecule has 1 aromatic carbocycles. The van der Waals surface area contributed by atoms with E-state index in [9.17, 15) is 26.7 Å². The highest BCUT2D eigenvalue weighted by atomic mass is 19.4.